The quantitative estimate of drug-likeness (QED) is 0.523. The number of pyridine rings is 1. The summed E-state index contributed by atoms with van der Waals surface area (Å²) < 4.78 is 15.8. The zero-order valence-electron chi connectivity index (χ0n) is 18.9. The Labute approximate surface area is 207 Å². The second-order valence-corrected chi connectivity index (χ2v) is 9.17. The zero-order chi connectivity index (χ0) is 24.1. The van der Waals surface area contributed by atoms with Crippen LogP contribution in [0.3, 0.4) is 0 Å². The number of methoxy groups -OCH3 is 1. The fourth-order valence-electron chi connectivity index (χ4n) is 3.67. The van der Waals surface area contributed by atoms with Crippen LogP contribution in [0.5, 0.6) is 11.6 Å². The van der Waals surface area contributed by atoms with Crippen molar-refractivity contribution in [3.63, 3.8) is 0 Å². The first-order chi connectivity index (χ1) is 16.4. The van der Waals surface area contributed by atoms with Crippen LogP contribution in [0.4, 0.5) is 0 Å². The second kappa shape index (κ2) is 10.8. The summed E-state index contributed by atoms with van der Waals surface area (Å²) in [5.41, 5.74) is 1.93. The minimum Gasteiger partial charge on any atom is -0.489 e. The molecule has 10 heteroatoms. The standard InChI is InChI=1S/C24H25ClN4O4S/c1-15(30)29-9-7-18(8-10-29)33-21-11-20(24(31)27-13-16-3-5-17(25)6-4-16)26-14-19(21)22-12-23(32-2)28-34-22/h3-6,11-12,14,18H,7-10,13H2,1-2H3,(H,27,31). The van der Waals surface area contributed by atoms with Gasteiger partial charge in [-0.1, -0.05) is 23.7 Å². The topological polar surface area (TPSA) is 93.7 Å². The number of carbonyl (C=O) groups excluding carboxylic acids is 2. The molecule has 0 unspecified atom stereocenters. The van der Waals surface area contributed by atoms with Crippen LogP contribution >= 0.6 is 23.1 Å². The lowest BCUT2D eigenvalue weighted by Gasteiger charge is -2.31. The SMILES string of the molecule is COc1cc(-c2cnc(C(=O)NCc3ccc(Cl)cc3)cc2OC2CCN(C(C)=O)CC2)sn1. The average Bonchev–Trinajstić information content (AvgIpc) is 3.33. The summed E-state index contributed by atoms with van der Waals surface area (Å²) in [7, 11) is 1.56. The van der Waals surface area contributed by atoms with Crippen molar-refractivity contribution in [1.29, 1.82) is 0 Å². The van der Waals surface area contributed by atoms with E-state index in [0.29, 0.717) is 49.1 Å². The second-order valence-electron chi connectivity index (χ2n) is 7.93. The normalized spacial score (nSPS) is 14.0. The minimum atomic E-state index is -0.306. The van der Waals surface area contributed by atoms with Crippen molar-refractivity contribution < 1.29 is 19.1 Å². The highest BCUT2D eigenvalue weighted by atomic mass is 35.5. The molecule has 2 amide bonds. The molecule has 3 aromatic rings. The average molecular weight is 501 g/mol. The summed E-state index contributed by atoms with van der Waals surface area (Å²) in [6.45, 7) is 3.21. The Kier molecular flexibility index (Phi) is 7.64. The number of likely N-dealkylation sites (tertiary alicyclic amines) is 1. The fourth-order valence-corrected chi connectivity index (χ4v) is 4.52. The van der Waals surface area contributed by atoms with Gasteiger partial charge in [0.25, 0.3) is 5.91 Å². The van der Waals surface area contributed by atoms with Crippen molar-refractivity contribution in [1.82, 2.24) is 19.6 Å². The van der Waals surface area contributed by atoms with Gasteiger partial charge < -0.3 is 19.7 Å². The number of amides is 2. The predicted molar refractivity (Wildman–Crippen MR) is 130 cm³/mol. The minimum absolute atomic E-state index is 0.0689. The van der Waals surface area contributed by atoms with Gasteiger partial charge in [-0.05, 0) is 29.2 Å². The largest absolute Gasteiger partial charge is 0.489 e. The highest BCUT2D eigenvalue weighted by Gasteiger charge is 2.24. The molecular weight excluding hydrogens is 476 g/mol. The lowest BCUT2D eigenvalue weighted by molar-refractivity contribution is -0.130. The molecule has 0 aliphatic carbocycles. The number of ether oxygens (including phenoxy) is 2. The molecule has 178 valence electrons. The van der Waals surface area contributed by atoms with Gasteiger partial charge in [0.15, 0.2) is 0 Å². The molecule has 0 spiro atoms. The molecule has 8 nitrogen and oxygen atoms in total. The number of piperidine rings is 1. The molecule has 1 aromatic carbocycles. The summed E-state index contributed by atoms with van der Waals surface area (Å²) in [4.78, 5) is 31.5. The molecule has 2 aromatic heterocycles. The van der Waals surface area contributed by atoms with Crippen LogP contribution in [-0.4, -0.2) is 52.4 Å². The monoisotopic (exact) mass is 500 g/mol. The van der Waals surface area contributed by atoms with Gasteiger partial charge in [0.05, 0.1) is 17.6 Å². The van der Waals surface area contributed by atoms with Crippen LogP contribution in [0.1, 0.15) is 35.8 Å². The van der Waals surface area contributed by atoms with Gasteiger partial charge in [0, 0.05) is 62.8 Å². The van der Waals surface area contributed by atoms with E-state index < -0.39 is 0 Å². The third-order valence-corrected chi connectivity index (χ3v) is 6.67. The van der Waals surface area contributed by atoms with Crippen LogP contribution in [0.2, 0.25) is 5.02 Å². The molecule has 3 heterocycles. The number of halogens is 1. The van der Waals surface area contributed by atoms with Crippen LogP contribution in [0, 0.1) is 0 Å². The molecule has 34 heavy (non-hydrogen) atoms. The van der Waals surface area contributed by atoms with Gasteiger partial charge in [0.2, 0.25) is 11.8 Å². The van der Waals surface area contributed by atoms with Crippen LogP contribution in [0.15, 0.2) is 42.6 Å². The van der Waals surface area contributed by atoms with Gasteiger partial charge >= 0.3 is 0 Å². The number of hydrogen-bond acceptors (Lipinski definition) is 7. The van der Waals surface area contributed by atoms with E-state index in [9.17, 15) is 9.59 Å². The maximum atomic E-state index is 12.8. The van der Waals surface area contributed by atoms with E-state index in [2.05, 4.69) is 14.7 Å². The Morgan fingerprint density at radius 1 is 1.21 bits per heavy atom. The molecule has 0 bridgehead atoms. The third kappa shape index (κ3) is 5.84. The molecule has 1 saturated heterocycles. The summed E-state index contributed by atoms with van der Waals surface area (Å²) in [6, 6.07) is 10.8. The van der Waals surface area contributed by atoms with Gasteiger partial charge in [0.1, 0.15) is 17.5 Å². The van der Waals surface area contributed by atoms with Crippen molar-refractivity contribution in [2.75, 3.05) is 20.2 Å². The van der Waals surface area contributed by atoms with Gasteiger partial charge in [-0.2, -0.15) is 4.37 Å². The lowest BCUT2D eigenvalue weighted by Crippen LogP contribution is -2.40. The van der Waals surface area contributed by atoms with E-state index in [4.69, 9.17) is 21.1 Å². The molecule has 1 aliphatic heterocycles. The van der Waals surface area contributed by atoms with Crippen molar-refractivity contribution in [3.05, 3.63) is 58.9 Å². The van der Waals surface area contributed by atoms with Crippen LogP contribution < -0.4 is 14.8 Å². The van der Waals surface area contributed by atoms with E-state index in [0.717, 1.165) is 16.0 Å². The van der Waals surface area contributed by atoms with Crippen molar-refractivity contribution >= 4 is 34.9 Å². The number of rotatable bonds is 7. The smallest absolute Gasteiger partial charge is 0.270 e. The number of nitrogens with one attached hydrogen (secondary N) is 1. The first-order valence-electron chi connectivity index (χ1n) is 10.9. The lowest BCUT2D eigenvalue weighted by atomic mass is 10.1. The molecule has 1 aliphatic rings. The number of nitrogens with zero attached hydrogens (tertiary/aromatic N) is 3. The summed E-state index contributed by atoms with van der Waals surface area (Å²) >= 11 is 7.20. The Balaban J connectivity index is 1.53. The Morgan fingerprint density at radius 3 is 2.59 bits per heavy atom. The van der Waals surface area contributed by atoms with Gasteiger partial charge in [-0.15, -0.1) is 0 Å². The first-order valence-corrected chi connectivity index (χ1v) is 12.0. The zero-order valence-corrected chi connectivity index (χ0v) is 20.5. The van der Waals surface area contributed by atoms with E-state index in [-0.39, 0.29) is 23.6 Å². The van der Waals surface area contributed by atoms with E-state index in [1.165, 1.54) is 11.5 Å². The molecule has 1 N–H and O–H groups in total. The summed E-state index contributed by atoms with van der Waals surface area (Å²) in [5, 5.41) is 3.52. The van der Waals surface area contributed by atoms with Crippen LogP contribution in [-0.2, 0) is 11.3 Å². The summed E-state index contributed by atoms with van der Waals surface area (Å²) in [5.74, 6) is 0.823. The molecule has 1 fully saturated rings. The van der Waals surface area contributed by atoms with Crippen molar-refractivity contribution in [2.24, 2.45) is 0 Å². The molecule has 0 radical (unpaired) electrons. The predicted octanol–water partition coefficient (Wildman–Crippen LogP) is 4.19. The highest BCUT2D eigenvalue weighted by molar-refractivity contribution is 7.09. The molecule has 4 rings (SSSR count). The van der Waals surface area contributed by atoms with Gasteiger partial charge in [-0.25, -0.2) is 0 Å². The molecule has 0 atom stereocenters. The maximum absolute atomic E-state index is 12.8. The Bertz CT molecular complexity index is 1160. The first kappa shape index (κ1) is 24.0. The highest BCUT2D eigenvalue weighted by Crippen LogP contribution is 2.36. The van der Waals surface area contributed by atoms with Gasteiger partial charge in [-0.3, -0.25) is 14.6 Å². The Hall–Kier alpha value is -3.17. The number of aromatic nitrogens is 2. The number of hydrogen-bond donors (Lipinski definition) is 1. The molecular formula is C24H25ClN4O4S. The third-order valence-electron chi connectivity index (χ3n) is 5.61. The fraction of sp³-hybridized carbons (Fsp3) is 0.333. The van der Waals surface area contributed by atoms with E-state index >= 15 is 0 Å². The Morgan fingerprint density at radius 2 is 1.94 bits per heavy atom. The van der Waals surface area contributed by atoms with E-state index in [1.54, 1.807) is 38.4 Å². The number of benzene rings is 1. The van der Waals surface area contributed by atoms with Crippen molar-refractivity contribution in [2.45, 2.75) is 32.4 Å². The van der Waals surface area contributed by atoms with E-state index in [1.807, 2.05) is 23.1 Å². The van der Waals surface area contributed by atoms with Crippen molar-refractivity contribution in [3.8, 4) is 22.1 Å². The molecule has 0 saturated carbocycles. The number of carbonyl (C=O) groups is 2. The summed E-state index contributed by atoms with van der Waals surface area (Å²) in [6.07, 6.45) is 2.98. The van der Waals surface area contributed by atoms with Crippen LogP contribution in [0.25, 0.3) is 10.4 Å². The maximum Gasteiger partial charge on any atom is 0.270 e.